The van der Waals surface area contributed by atoms with E-state index >= 15 is 0 Å². The maximum Gasteiger partial charge on any atom is 0.137 e. The average Bonchev–Trinajstić information content (AvgIpc) is 2.72. The number of para-hydroxylation sites is 1. The second-order valence-electron chi connectivity index (χ2n) is 8.49. The van der Waals surface area contributed by atoms with E-state index in [0.717, 1.165) is 66.3 Å². The van der Waals surface area contributed by atoms with Crippen LogP contribution in [0.1, 0.15) is 26.3 Å². The molecule has 2 aromatic rings. The predicted molar refractivity (Wildman–Crippen MR) is 121 cm³/mol. The highest BCUT2D eigenvalue weighted by Crippen LogP contribution is 2.18. The van der Waals surface area contributed by atoms with E-state index in [2.05, 4.69) is 59.1 Å². The Hall–Kier alpha value is -2.04. The molecule has 4 nitrogen and oxygen atoms in total. The Morgan fingerprint density at radius 2 is 1.28 bits per heavy atom. The van der Waals surface area contributed by atoms with Crippen LogP contribution in [0.5, 0.6) is 11.5 Å². The summed E-state index contributed by atoms with van der Waals surface area (Å²) in [6.07, 6.45) is 0. The number of ether oxygens (including phenoxy) is 2. The van der Waals surface area contributed by atoms with Crippen molar-refractivity contribution in [3.63, 3.8) is 0 Å². The normalized spacial score (nSPS) is 12.0. The van der Waals surface area contributed by atoms with Gasteiger partial charge in [-0.1, -0.05) is 30.3 Å². The molecule has 0 fully saturated rings. The van der Waals surface area contributed by atoms with Crippen molar-refractivity contribution in [2.75, 3.05) is 60.0 Å². The van der Waals surface area contributed by atoms with E-state index in [4.69, 9.17) is 9.47 Å². The van der Waals surface area contributed by atoms with Gasteiger partial charge in [0.15, 0.2) is 0 Å². The molecule has 2 aromatic carbocycles. The lowest BCUT2D eigenvalue weighted by molar-refractivity contribution is -0.923. The standard InChI is InChI=1S/C25H40N2O2/c1-6-27(7-2,8-3)18-20-29-25-16-12-13-23(21-25)22-26(4,5)17-19-28-24-14-10-9-11-15-24/h9-16,21H,6-8,17-20,22H2,1-5H3/q+2. The number of hydrogen-bond acceptors (Lipinski definition) is 2. The summed E-state index contributed by atoms with van der Waals surface area (Å²) in [4.78, 5) is 0. The molecule has 0 amide bonds. The van der Waals surface area contributed by atoms with Crippen LogP contribution in [0.15, 0.2) is 54.6 Å². The van der Waals surface area contributed by atoms with Crippen molar-refractivity contribution in [3.8, 4) is 11.5 Å². The maximum absolute atomic E-state index is 6.11. The summed E-state index contributed by atoms with van der Waals surface area (Å²) in [6.45, 7) is 14.7. The molecule has 0 saturated heterocycles. The van der Waals surface area contributed by atoms with Gasteiger partial charge in [0.2, 0.25) is 0 Å². The molecule has 0 radical (unpaired) electrons. The molecular weight excluding hydrogens is 360 g/mol. The van der Waals surface area contributed by atoms with E-state index < -0.39 is 0 Å². The van der Waals surface area contributed by atoms with Crippen molar-refractivity contribution in [1.29, 1.82) is 0 Å². The largest absolute Gasteiger partial charge is 0.488 e. The first-order chi connectivity index (χ1) is 13.9. The number of likely N-dealkylation sites (N-methyl/N-ethyl adjacent to an activating group) is 2. The summed E-state index contributed by atoms with van der Waals surface area (Å²) in [5, 5.41) is 0. The second-order valence-corrected chi connectivity index (χ2v) is 8.49. The van der Waals surface area contributed by atoms with E-state index in [1.165, 1.54) is 5.56 Å². The number of benzene rings is 2. The second kappa shape index (κ2) is 11.2. The summed E-state index contributed by atoms with van der Waals surface area (Å²) in [7, 11) is 4.49. The van der Waals surface area contributed by atoms with Crippen LogP contribution in [-0.2, 0) is 6.54 Å². The topological polar surface area (TPSA) is 18.5 Å². The average molecular weight is 401 g/mol. The molecule has 2 rings (SSSR count). The number of rotatable bonds is 13. The van der Waals surface area contributed by atoms with E-state index in [9.17, 15) is 0 Å². The van der Waals surface area contributed by atoms with E-state index in [1.807, 2.05) is 30.3 Å². The first kappa shape index (κ1) is 23.2. The molecule has 0 unspecified atom stereocenters. The molecule has 29 heavy (non-hydrogen) atoms. The van der Waals surface area contributed by atoms with E-state index in [0.29, 0.717) is 6.61 Å². The molecule has 4 heteroatoms. The zero-order valence-corrected chi connectivity index (χ0v) is 19.1. The summed E-state index contributed by atoms with van der Waals surface area (Å²) >= 11 is 0. The first-order valence-corrected chi connectivity index (χ1v) is 11.0. The zero-order chi connectivity index (χ0) is 21.2. The smallest absolute Gasteiger partial charge is 0.137 e. The van der Waals surface area contributed by atoms with Crippen molar-refractivity contribution < 1.29 is 18.4 Å². The Morgan fingerprint density at radius 1 is 0.690 bits per heavy atom. The third-order valence-electron chi connectivity index (χ3n) is 6.06. The highest BCUT2D eigenvalue weighted by atomic mass is 16.5. The molecule has 0 N–H and O–H groups in total. The van der Waals surface area contributed by atoms with Gasteiger partial charge in [-0.2, -0.15) is 0 Å². The van der Waals surface area contributed by atoms with Gasteiger partial charge >= 0.3 is 0 Å². The fraction of sp³-hybridized carbons (Fsp3) is 0.520. The summed E-state index contributed by atoms with van der Waals surface area (Å²) < 4.78 is 14.0. The van der Waals surface area contributed by atoms with E-state index in [1.54, 1.807) is 0 Å². The third kappa shape index (κ3) is 7.71. The van der Waals surface area contributed by atoms with Crippen molar-refractivity contribution in [1.82, 2.24) is 0 Å². The molecule has 0 spiro atoms. The van der Waals surface area contributed by atoms with Gasteiger partial charge in [-0.3, -0.25) is 0 Å². The lowest BCUT2D eigenvalue weighted by atomic mass is 10.2. The zero-order valence-electron chi connectivity index (χ0n) is 19.1. The van der Waals surface area contributed by atoms with Gasteiger partial charge in [0.25, 0.3) is 0 Å². The quantitative estimate of drug-likeness (QED) is 0.458. The van der Waals surface area contributed by atoms with Gasteiger partial charge in [0.05, 0.1) is 33.7 Å². The lowest BCUT2D eigenvalue weighted by Gasteiger charge is -2.35. The molecule has 0 saturated carbocycles. The van der Waals surface area contributed by atoms with Crippen molar-refractivity contribution in [2.24, 2.45) is 0 Å². The van der Waals surface area contributed by atoms with Gasteiger partial charge in [0.1, 0.15) is 44.3 Å². The van der Waals surface area contributed by atoms with Gasteiger partial charge < -0.3 is 18.4 Å². The molecule has 0 atom stereocenters. The molecule has 0 bridgehead atoms. The van der Waals surface area contributed by atoms with Crippen LogP contribution < -0.4 is 9.47 Å². The molecule has 0 aliphatic heterocycles. The molecule has 0 heterocycles. The van der Waals surface area contributed by atoms with E-state index in [-0.39, 0.29) is 0 Å². The Kier molecular flexibility index (Phi) is 8.99. The SMILES string of the molecule is CC[N+](CC)(CC)CCOc1cccc(C[N+](C)(C)CCOc2ccccc2)c1. The van der Waals surface area contributed by atoms with Crippen LogP contribution in [0, 0.1) is 0 Å². The van der Waals surface area contributed by atoms with Crippen LogP contribution in [-0.4, -0.2) is 69.0 Å². The summed E-state index contributed by atoms with van der Waals surface area (Å²) in [5.41, 5.74) is 1.30. The molecule has 0 aliphatic carbocycles. The molecule has 0 aliphatic rings. The number of quaternary nitrogens is 2. The fourth-order valence-corrected chi connectivity index (χ4v) is 3.74. The Bertz CT molecular complexity index is 704. The van der Waals surface area contributed by atoms with Gasteiger partial charge in [-0.15, -0.1) is 0 Å². The number of hydrogen-bond donors (Lipinski definition) is 0. The van der Waals surface area contributed by atoms with Gasteiger partial charge in [0, 0.05) is 5.56 Å². The lowest BCUT2D eigenvalue weighted by Crippen LogP contribution is -2.49. The molecular formula is C25H40N2O2+2. The molecule has 160 valence electrons. The first-order valence-electron chi connectivity index (χ1n) is 11.0. The number of nitrogens with zero attached hydrogens (tertiary/aromatic N) is 2. The molecule has 0 aromatic heterocycles. The van der Waals surface area contributed by atoms with Crippen LogP contribution >= 0.6 is 0 Å². The summed E-state index contributed by atoms with van der Waals surface area (Å²) in [5.74, 6) is 1.91. The Morgan fingerprint density at radius 3 is 1.93 bits per heavy atom. The minimum absolute atomic E-state index is 0.707. The highest BCUT2D eigenvalue weighted by molar-refractivity contribution is 5.28. The minimum atomic E-state index is 0.707. The highest BCUT2D eigenvalue weighted by Gasteiger charge is 2.20. The van der Waals surface area contributed by atoms with Crippen molar-refractivity contribution in [3.05, 3.63) is 60.2 Å². The third-order valence-corrected chi connectivity index (χ3v) is 6.06. The van der Waals surface area contributed by atoms with Crippen LogP contribution in [0.2, 0.25) is 0 Å². The Balaban J connectivity index is 1.84. The Labute approximate surface area is 177 Å². The minimum Gasteiger partial charge on any atom is -0.488 e. The van der Waals surface area contributed by atoms with Gasteiger partial charge in [-0.05, 0) is 45.0 Å². The summed E-state index contributed by atoms with van der Waals surface area (Å²) in [6, 6.07) is 18.6. The predicted octanol–water partition coefficient (Wildman–Crippen LogP) is 4.60. The van der Waals surface area contributed by atoms with Gasteiger partial charge in [-0.25, -0.2) is 0 Å². The van der Waals surface area contributed by atoms with Crippen molar-refractivity contribution in [2.45, 2.75) is 27.3 Å². The fourth-order valence-electron chi connectivity index (χ4n) is 3.74. The van der Waals surface area contributed by atoms with Crippen LogP contribution in [0.25, 0.3) is 0 Å². The van der Waals surface area contributed by atoms with Crippen LogP contribution in [0.4, 0.5) is 0 Å². The van der Waals surface area contributed by atoms with Crippen molar-refractivity contribution >= 4 is 0 Å². The monoisotopic (exact) mass is 400 g/mol. The van der Waals surface area contributed by atoms with Crippen LogP contribution in [0.3, 0.4) is 0 Å². The maximum atomic E-state index is 6.11.